The minimum absolute atomic E-state index is 0.0818. The Balaban J connectivity index is 2.00. The van der Waals surface area contributed by atoms with Crippen molar-refractivity contribution >= 4 is 28.7 Å². The van der Waals surface area contributed by atoms with Crippen molar-refractivity contribution in [2.45, 2.75) is 6.61 Å². The van der Waals surface area contributed by atoms with Gasteiger partial charge in [-0.2, -0.15) is 8.78 Å². The summed E-state index contributed by atoms with van der Waals surface area (Å²) >= 11 is 5.28. The van der Waals surface area contributed by atoms with Gasteiger partial charge in [-0.25, -0.2) is 0 Å². The molecule has 22 heavy (non-hydrogen) atoms. The fourth-order valence-corrected chi connectivity index (χ4v) is 1.94. The predicted octanol–water partition coefficient (Wildman–Crippen LogP) is 3.83. The highest BCUT2D eigenvalue weighted by atomic mass is 32.1. The van der Waals surface area contributed by atoms with Gasteiger partial charge in [-0.1, -0.05) is 0 Å². The highest BCUT2D eigenvalue weighted by Crippen LogP contribution is 2.20. The number of rotatable bonds is 4. The first kappa shape index (κ1) is 16.0. The van der Waals surface area contributed by atoms with Crippen molar-refractivity contribution in [2.75, 3.05) is 17.3 Å². The van der Waals surface area contributed by atoms with E-state index in [0.29, 0.717) is 10.8 Å². The average molecular weight is 324 g/mol. The van der Waals surface area contributed by atoms with Crippen molar-refractivity contribution in [3.05, 3.63) is 48.5 Å². The van der Waals surface area contributed by atoms with Gasteiger partial charge in [0.05, 0.1) is 0 Å². The lowest BCUT2D eigenvalue weighted by Gasteiger charge is -2.21. The maximum absolute atomic E-state index is 12.1. The van der Waals surface area contributed by atoms with Crippen LogP contribution < -0.4 is 15.0 Å². The van der Waals surface area contributed by atoms with Crippen molar-refractivity contribution < 1.29 is 18.6 Å². The highest BCUT2D eigenvalue weighted by Gasteiger charge is 2.08. The average Bonchev–Trinajstić information content (AvgIpc) is 2.49. The summed E-state index contributed by atoms with van der Waals surface area (Å²) in [7, 11) is 1.77. The van der Waals surface area contributed by atoms with Gasteiger partial charge in [0.25, 0.3) is 0 Å². The monoisotopic (exact) mass is 324 g/mol. The molecule has 0 unspecified atom stereocenters. The van der Waals surface area contributed by atoms with Gasteiger partial charge >= 0.3 is 6.61 Å². The maximum Gasteiger partial charge on any atom is 0.387 e. The molecule has 0 saturated carbocycles. The summed E-state index contributed by atoms with van der Waals surface area (Å²) in [6, 6.07) is 12.6. The molecule has 0 bridgehead atoms. The topological polar surface area (TPSA) is 44.7 Å². The number of nitrogens with one attached hydrogen (secondary N) is 1. The Labute approximate surface area is 131 Å². The van der Waals surface area contributed by atoms with Crippen LogP contribution in [0.2, 0.25) is 0 Å². The summed E-state index contributed by atoms with van der Waals surface area (Å²) in [4.78, 5) is 1.72. The zero-order valence-electron chi connectivity index (χ0n) is 11.7. The summed E-state index contributed by atoms with van der Waals surface area (Å²) in [6.07, 6.45) is 0. The molecule has 0 saturated heterocycles. The molecule has 0 aliphatic heterocycles. The second kappa shape index (κ2) is 7.04. The molecule has 0 amide bonds. The van der Waals surface area contributed by atoms with Crippen LogP contribution in [0.5, 0.6) is 11.5 Å². The Hall–Kier alpha value is -2.41. The number of nitrogens with zero attached hydrogens (tertiary/aromatic N) is 1. The molecule has 0 fully saturated rings. The molecule has 0 spiro atoms. The zero-order valence-corrected chi connectivity index (χ0v) is 12.5. The molecule has 0 heterocycles. The molecule has 4 nitrogen and oxygen atoms in total. The Morgan fingerprint density at radius 3 is 2.27 bits per heavy atom. The second-order valence-electron chi connectivity index (χ2n) is 4.41. The van der Waals surface area contributed by atoms with Gasteiger partial charge in [-0.05, 0) is 60.7 Å². The number of hydrogen-bond acceptors (Lipinski definition) is 3. The minimum Gasteiger partial charge on any atom is -0.508 e. The lowest BCUT2D eigenvalue weighted by Crippen LogP contribution is -2.30. The van der Waals surface area contributed by atoms with Gasteiger partial charge in [-0.3, -0.25) is 0 Å². The number of hydrogen-bond donors (Lipinski definition) is 2. The molecule has 116 valence electrons. The van der Waals surface area contributed by atoms with Crippen LogP contribution in [-0.2, 0) is 0 Å². The Morgan fingerprint density at radius 1 is 1.14 bits per heavy atom. The SMILES string of the molecule is CN(C(=S)Nc1ccc(OC(F)F)cc1)c1ccc(O)cc1. The lowest BCUT2D eigenvalue weighted by atomic mass is 10.3. The normalized spacial score (nSPS) is 10.4. The molecular formula is C15H14F2N2O2S. The van der Waals surface area contributed by atoms with Crippen LogP contribution in [-0.4, -0.2) is 23.9 Å². The number of thiocarbonyl (C=S) groups is 1. The van der Waals surface area contributed by atoms with E-state index in [2.05, 4.69) is 10.1 Å². The highest BCUT2D eigenvalue weighted by molar-refractivity contribution is 7.80. The van der Waals surface area contributed by atoms with E-state index in [1.165, 1.54) is 12.1 Å². The molecule has 0 atom stereocenters. The lowest BCUT2D eigenvalue weighted by molar-refractivity contribution is -0.0498. The van der Waals surface area contributed by atoms with Crippen molar-refractivity contribution in [3.8, 4) is 11.5 Å². The van der Waals surface area contributed by atoms with Crippen molar-refractivity contribution in [3.63, 3.8) is 0 Å². The summed E-state index contributed by atoms with van der Waals surface area (Å²) in [5.74, 6) is 0.254. The van der Waals surface area contributed by atoms with Crippen LogP contribution in [0.25, 0.3) is 0 Å². The third kappa shape index (κ3) is 4.29. The molecule has 7 heteroatoms. The van der Waals surface area contributed by atoms with Crippen LogP contribution in [0.3, 0.4) is 0 Å². The third-order valence-corrected chi connectivity index (χ3v) is 3.25. The van der Waals surface area contributed by atoms with E-state index in [1.807, 2.05) is 0 Å². The predicted molar refractivity (Wildman–Crippen MR) is 85.8 cm³/mol. The van der Waals surface area contributed by atoms with Gasteiger partial charge in [0.15, 0.2) is 5.11 Å². The van der Waals surface area contributed by atoms with E-state index in [0.717, 1.165) is 5.69 Å². The first-order valence-electron chi connectivity index (χ1n) is 6.34. The molecule has 0 radical (unpaired) electrons. The number of ether oxygens (including phenoxy) is 1. The van der Waals surface area contributed by atoms with E-state index in [-0.39, 0.29) is 11.5 Å². The number of phenolic OH excluding ortho intramolecular Hbond substituents is 1. The Kier molecular flexibility index (Phi) is 5.11. The summed E-state index contributed by atoms with van der Waals surface area (Å²) in [5, 5.41) is 12.7. The van der Waals surface area contributed by atoms with E-state index in [4.69, 9.17) is 12.2 Å². The first-order valence-corrected chi connectivity index (χ1v) is 6.75. The van der Waals surface area contributed by atoms with Crippen LogP contribution in [0.1, 0.15) is 0 Å². The van der Waals surface area contributed by atoms with E-state index >= 15 is 0 Å². The summed E-state index contributed by atoms with van der Waals surface area (Å²) in [5.41, 5.74) is 1.45. The molecule has 2 aromatic carbocycles. The van der Waals surface area contributed by atoms with Gasteiger partial charge in [-0.15, -0.1) is 0 Å². The van der Waals surface area contributed by atoms with Gasteiger partial charge in [0.2, 0.25) is 0 Å². The first-order chi connectivity index (χ1) is 10.5. The largest absolute Gasteiger partial charge is 0.508 e. The molecule has 0 aliphatic rings. The number of phenols is 1. The van der Waals surface area contributed by atoms with Crippen molar-refractivity contribution in [1.82, 2.24) is 0 Å². The van der Waals surface area contributed by atoms with Crippen LogP contribution in [0, 0.1) is 0 Å². The Bertz CT molecular complexity index is 633. The molecule has 2 N–H and O–H groups in total. The quantitative estimate of drug-likeness (QED) is 0.837. The third-order valence-electron chi connectivity index (χ3n) is 2.87. The van der Waals surface area contributed by atoms with Gasteiger partial charge in [0.1, 0.15) is 11.5 Å². The minimum atomic E-state index is -2.85. The van der Waals surface area contributed by atoms with Crippen molar-refractivity contribution in [1.29, 1.82) is 0 Å². The van der Waals surface area contributed by atoms with Gasteiger partial charge < -0.3 is 20.1 Å². The number of alkyl halides is 2. The molecule has 2 rings (SSSR count). The van der Waals surface area contributed by atoms with E-state index < -0.39 is 6.61 Å². The maximum atomic E-state index is 12.1. The number of aromatic hydroxyl groups is 1. The number of halogens is 2. The van der Waals surface area contributed by atoms with E-state index in [9.17, 15) is 13.9 Å². The van der Waals surface area contributed by atoms with Crippen LogP contribution in [0.4, 0.5) is 20.2 Å². The number of benzene rings is 2. The molecular weight excluding hydrogens is 310 g/mol. The number of anilines is 2. The fraction of sp³-hybridized carbons (Fsp3) is 0.133. The summed E-state index contributed by atoms with van der Waals surface area (Å²) < 4.78 is 28.4. The van der Waals surface area contributed by atoms with E-state index in [1.54, 1.807) is 48.3 Å². The molecule has 0 aliphatic carbocycles. The molecule has 2 aromatic rings. The smallest absolute Gasteiger partial charge is 0.387 e. The van der Waals surface area contributed by atoms with Gasteiger partial charge in [0, 0.05) is 18.4 Å². The zero-order chi connectivity index (χ0) is 16.1. The second-order valence-corrected chi connectivity index (χ2v) is 4.80. The summed E-state index contributed by atoms with van der Waals surface area (Å²) in [6.45, 7) is -2.85. The standard InChI is InChI=1S/C15H14F2N2O2S/c1-19(11-4-6-12(20)7-5-11)15(22)18-10-2-8-13(9-3-10)21-14(16)17/h2-9,14,20H,1H3,(H,18,22). The Morgan fingerprint density at radius 2 is 1.73 bits per heavy atom. The molecule has 0 aromatic heterocycles. The van der Waals surface area contributed by atoms with Crippen LogP contribution >= 0.6 is 12.2 Å². The van der Waals surface area contributed by atoms with Crippen LogP contribution in [0.15, 0.2) is 48.5 Å². The van der Waals surface area contributed by atoms with Crippen molar-refractivity contribution in [2.24, 2.45) is 0 Å². The fourth-order valence-electron chi connectivity index (χ4n) is 1.72.